The molecule has 3 nitrogen and oxygen atoms in total. The highest BCUT2D eigenvalue weighted by atomic mass is 16.5. The maximum absolute atomic E-state index is 12.0. The van der Waals surface area contributed by atoms with E-state index in [1.165, 1.54) is 11.1 Å². The third-order valence-electron chi connectivity index (χ3n) is 7.57. The Labute approximate surface area is 188 Å². The summed E-state index contributed by atoms with van der Waals surface area (Å²) in [6.45, 7) is 17.3. The molecule has 0 heterocycles. The largest absolute Gasteiger partial charge is 0.491 e. The summed E-state index contributed by atoms with van der Waals surface area (Å²) in [6.07, 6.45) is 0.158. The van der Waals surface area contributed by atoms with Crippen molar-refractivity contribution in [3.63, 3.8) is 0 Å². The van der Waals surface area contributed by atoms with Crippen molar-refractivity contribution in [1.29, 1.82) is 0 Å². The first-order valence-electron chi connectivity index (χ1n) is 11.7. The summed E-state index contributed by atoms with van der Waals surface area (Å²) in [5.41, 5.74) is 2.51. The van der Waals surface area contributed by atoms with Gasteiger partial charge in [0.2, 0.25) is 0 Å². The maximum atomic E-state index is 12.0. The molecule has 4 atom stereocenters. The molecule has 3 rings (SSSR count). The van der Waals surface area contributed by atoms with E-state index in [0.717, 1.165) is 5.75 Å². The Balaban J connectivity index is 2.05. The van der Waals surface area contributed by atoms with Gasteiger partial charge in [0.15, 0.2) is 0 Å². The topological polar surface area (TPSA) is 35.5 Å². The van der Waals surface area contributed by atoms with Gasteiger partial charge in [-0.15, -0.1) is 0 Å². The molecule has 3 heteroatoms. The van der Waals surface area contributed by atoms with E-state index in [1.807, 2.05) is 39.8 Å². The number of hydrogen-bond acceptors (Lipinski definition) is 3. The Hall–Kier alpha value is -2.29. The highest BCUT2D eigenvalue weighted by molar-refractivity contribution is 5.74. The fourth-order valence-corrected chi connectivity index (χ4v) is 5.49. The molecule has 0 bridgehead atoms. The lowest BCUT2D eigenvalue weighted by molar-refractivity contribution is -0.137. The van der Waals surface area contributed by atoms with E-state index in [2.05, 4.69) is 64.1 Å². The lowest BCUT2D eigenvalue weighted by Crippen LogP contribution is -2.37. The van der Waals surface area contributed by atoms with Crippen LogP contribution in [0.2, 0.25) is 0 Å². The van der Waals surface area contributed by atoms with E-state index in [9.17, 15) is 4.79 Å². The van der Waals surface area contributed by atoms with Crippen molar-refractivity contribution in [2.45, 2.75) is 66.9 Å². The van der Waals surface area contributed by atoms with Crippen molar-refractivity contribution in [3.8, 4) is 11.5 Å². The Bertz CT molecular complexity index is 865. The van der Waals surface area contributed by atoms with Crippen LogP contribution in [0.25, 0.3) is 0 Å². The third-order valence-corrected chi connectivity index (χ3v) is 7.57. The minimum atomic E-state index is -0.201. The van der Waals surface area contributed by atoms with Crippen molar-refractivity contribution >= 4 is 5.97 Å². The van der Waals surface area contributed by atoms with Crippen molar-refractivity contribution in [3.05, 3.63) is 59.7 Å². The van der Waals surface area contributed by atoms with Crippen LogP contribution in [0.3, 0.4) is 0 Å². The maximum Gasteiger partial charge on any atom is 0.313 e. The van der Waals surface area contributed by atoms with Crippen LogP contribution in [-0.4, -0.2) is 12.1 Å². The molecule has 0 aromatic heterocycles. The SMILES string of the molecule is CC(C)Oc1ccc(C2(c3ccc(OC(=O)C(C)C)cc3)C(C)C(C)C(C)C2C)cc1. The predicted octanol–water partition coefficient (Wildman–Crippen LogP) is 6.88. The lowest BCUT2D eigenvalue weighted by atomic mass is 9.63. The van der Waals surface area contributed by atoms with Crippen LogP contribution in [0, 0.1) is 29.6 Å². The highest BCUT2D eigenvalue weighted by Gasteiger charge is 2.55. The summed E-state index contributed by atoms with van der Waals surface area (Å²) < 4.78 is 11.4. The second-order valence-corrected chi connectivity index (χ2v) is 9.96. The van der Waals surface area contributed by atoms with Crippen LogP contribution >= 0.6 is 0 Å². The van der Waals surface area contributed by atoms with Gasteiger partial charge in [-0.3, -0.25) is 4.79 Å². The van der Waals surface area contributed by atoms with E-state index < -0.39 is 0 Å². The van der Waals surface area contributed by atoms with Gasteiger partial charge in [-0.25, -0.2) is 0 Å². The molecule has 0 spiro atoms. The van der Waals surface area contributed by atoms with E-state index in [0.29, 0.717) is 29.4 Å². The molecule has 31 heavy (non-hydrogen) atoms. The zero-order valence-corrected chi connectivity index (χ0v) is 20.3. The molecule has 168 valence electrons. The van der Waals surface area contributed by atoms with Gasteiger partial charge in [-0.2, -0.15) is 0 Å². The number of ether oxygens (including phenoxy) is 2. The summed E-state index contributed by atoms with van der Waals surface area (Å²) in [4.78, 5) is 12.0. The Morgan fingerprint density at radius 3 is 1.55 bits per heavy atom. The molecule has 1 saturated carbocycles. The number of rotatable bonds is 6. The zero-order chi connectivity index (χ0) is 22.9. The van der Waals surface area contributed by atoms with Crippen LogP contribution in [0.15, 0.2) is 48.5 Å². The van der Waals surface area contributed by atoms with E-state index >= 15 is 0 Å². The van der Waals surface area contributed by atoms with E-state index in [1.54, 1.807) is 0 Å². The number of hydrogen-bond donors (Lipinski definition) is 0. The number of benzene rings is 2. The minimum Gasteiger partial charge on any atom is -0.491 e. The molecule has 1 aliphatic rings. The average molecular weight is 423 g/mol. The smallest absolute Gasteiger partial charge is 0.313 e. The van der Waals surface area contributed by atoms with Crippen LogP contribution in [0.4, 0.5) is 0 Å². The summed E-state index contributed by atoms with van der Waals surface area (Å²) in [5, 5.41) is 0. The quantitative estimate of drug-likeness (QED) is 0.376. The monoisotopic (exact) mass is 422 g/mol. The minimum absolute atomic E-state index is 0.101. The number of esters is 1. The van der Waals surface area contributed by atoms with Gasteiger partial charge in [0, 0.05) is 5.41 Å². The molecule has 1 fully saturated rings. The normalized spacial score (nSPS) is 28.2. The van der Waals surface area contributed by atoms with Gasteiger partial charge in [-0.1, -0.05) is 65.8 Å². The number of carbonyl (C=O) groups is 1. The summed E-state index contributed by atoms with van der Waals surface area (Å²) in [7, 11) is 0. The standard InChI is InChI=1S/C28H38O3/c1-17(2)27(29)31-26-15-11-24(12-16-26)28(21(7)19(5)20(6)22(28)8)23-9-13-25(14-10-23)30-18(3)4/h9-22H,1-8H3. The molecule has 0 aliphatic heterocycles. The lowest BCUT2D eigenvalue weighted by Gasteiger charge is -2.40. The van der Waals surface area contributed by atoms with Crippen molar-refractivity contribution in [1.82, 2.24) is 0 Å². The molecule has 0 N–H and O–H groups in total. The van der Waals surface area contributed by atoms with Crippen LogP contribution in [0.1, 0.15) is 66.5 Å². The first kappa shape index (κ1) is 23.4. The Morgan fingerprint density at radius 1 is 0.742 bits per heavy atom. The van der Waals surface area contributed by atoms with E-state index in [-0.39, 0.29) is 23.4 Å². The van der Waals surface area contributed by atoms with Gasteiger partial charge >= 0.3 is 5.97 Å². The Morgan fingerprint density at radius 2 is 1.16 bits per heavy atom. The average Bonchev–Trinajstić information content (AvgIpc) is 2.90. The molecule has 0 saturated heterocycles. The van der Waals surface area contributed by atoms with Crippen molar-refractivity contribution in [2.24, 2.45) is 29.6 Å². The van der Waals surface area contributed by atoms with Crippen LogP contribution in [0.5, 0.6) is 11.5 Å². The molecule has 4 unspecified atom stereocenters. The van der Waals surface area contributed by atoms with Gasteiger partial charge in [0.05, 0.1) is 12.0 Å². The molecular weight excluding hydrogens is 384 g/mol. The first-order valence-corrected chi connectivity index (χ1v) is 11.7. The fourth-order valence-electron chi connectivity index (χ4n) is 5.49. The molecule has 0 radical (unpaired) electrons. The molecule has 2 aromatic carbocycles. The third kappa shape index (κ3) is 4.24. The second-order valence-electron chi connectivity index (χ2n) is 9.96. The molecule has 1 aliphatic carbocycles. The first-order chi connectivity index (χ1) is 14.6. The van der Waals surface area contributed by atoms with Crippen LogP contribution < -0.4 is 9.47 Å². The summed E-state index contributed by atoms with van der Waals surface area (Å²) in [6, 6.07) is 16.9. The van der Waals surface area contributed by atoms with Crippen LogP contribution in [-0.2, 0) is 10.2 Å². The molecular formula is C28H38O3. The Kier molecular flexibility index (Phi) is 6.83. The second kappa shape index (κ2) is 9.06. The fraction of sp³-hybridized carbons (Fsp3) is 0.536. The predicted molar refractivity (Wildman–Crippen MR) is 127 cm³/mol. The van der Waals surface area contributed by atoms with Gasteiger partial charge in [0.25, 0.3) is 0 Å². The summed E-state index contributed by atoms with van der Waals surface area (Å²) >= 11 is 0. The highest BCUT2D eigenvalue weighted by Crippen LogP contribution is 2.58. The molecule has 2 aromatic rings. The van der Waals surface area contributed by atoms with Gasteiger partial charge in [-0.05, 0) is 72.9 Å². The summed E-state index contributed by atoms with van der Waals surface area (Å²) in [5.74, 6) is 3.31. The van der Waals surface area contributed by atoms with Gasteiger partial charge in [0.1, 0.15) is 11.5 Å². The van der Waals surface area contributed by atoms with Gasteiger partial charge < -0.3 is 9.47 Å². The number of carbonyl (C=O) groups excluding carboxylic acids is 1. The van der Waals surface area contributed by atoms with Crippen molar-refractivity contribution < 1.29 is 14.3 Å². The van der Waals surface area contributed by atoms with Crippen molar-refractivity contribution in [2.75, 3.05) is 0 Å². The van der Waals surface area contributed by atoms with E-state index in [4.69, 9.17) is 9.47 Å². The zero-order valence-electron chi connectivity index (χ0n) is 20.3. The molecule has 0 amide bonds.